The van der Waals surface area contributed by atoms with E-state index in [0.717, 1.165) is 18.6 Å². The molecule has 0 fully saturated rings. The SMILES string of the molecule is CCCCSc1nc2c(cnn2CCO)c(=O)[nH]1. The predicted octanol–water partition coefficient (Wildman–Crippen LogP) is 1.00. The fourth-order valence-corrected chi connectivity index (χ4v) is 2.53. The third-order valence-corrected chi connectivity index (χ3v) is 3.49. The van der Waals surface area contributed by atoms with E-state index >= 15 is 0 Å². The molecule has 7 heteroatoms. The molecule has 0 radical (unpaired) electrons. The average Bonchev–Trinajstić information content (AvgIpc) is 2.74. The number of H-pyrrole nitrogens is 1. The number of hydrogen-bond acceptors (Lipinski definition) is 5. The summed E-state index contributed by atoms with van der Waals surface area (Å²) in [5.74, 6) is 0.930. The summed E-state index contributed by atoms with van der Waals surface area (Å²) in [6.45, 7) is 2.44. The van der Waals surface area contributed by atoms with Gasteiger partial charge in [0.2, 0.25) is 0 Å². The summed E-state index contributed by atoms with van der Waals surface area (Å²) in [4.78, 5) is 19.0. The average molecular weight is 268 g/mol. The molecule has 0 aliphatic heterocycles. The van der Waals surface area contributed by atoms with Crippen LogP contribution in [0.3, 0.4) is 0 Å². The molecule has 0 atom stereocenters. The van der Waals surface area contributed by atoms with E-state index in [2.05, 4.69) is 22.0 Å². The van der Waals surface area contributed by atoms with E-state index in [4.69, 9.17) is 5.11 Å². The quantitative estimate of drug-likeness (QED) is 0.464. The second-order valence-corrected chi connectivity index (χ2v) is 4.99. The van der Waals surface area contributed by atoms with Crippen LogP contribution in [0.5, 0.6) is 0 Å². The zero-order valence-corrected chi connectivity index (χ0v) is 11.0. The van der Waals surface area contributed by atoms with Crippen molar-refractivity contribution in [2.75, 3.05) is 12.4 Å². The Bertz CT molecular complexity index is 578. The molecule has 98 valence electrons. The molecule has 0 aliphatic carbocycles. The van der Waals surface area contributed by atoms with Crippen LogP contribution in [0.1, 0.15) is 19.8 Å². The van der Waals surface area contributed by atoms with Crippen molar-refractivity contribution >= 4 is 22.8 Å². The molecule has 2 aromatic heterocycles. The van der Waals surface area contributed by atoms with Gasteiger partial charge in [-0.3, -0.25) is 4.79 Å². The minimum Gasteiger partial charge on any atom is -0.394 e. The van der Waals surface area contributed by atoms with E-state index in [0.29, 0.717) is 22.7 Å². The van der Waals surface area contributed by atoms with Crippen LogP contribution in [-0.2, 0) is 6.54 Å². The van der Waals surface area contributed by atoms with Crippen LogP contribution in [0.4, 0.5) is 0 Å². The Morgan fingerprint density at radius 2 is 2.39 bits per heavy atom. The van der Waals surface area contributed by atoms with Gasteiger partial charge >= 0.3 is 0 Å². The molecular weight excluding hydrogens is 252 g/mol. The second-order valence-electron chi connectivity index (χ2n) is 3.90. The van der Waals surface area contributed by atoms with E-state index in [9.17, 15) is 4.79 Å². The first-order valence-electron chi connectivity index (χ1n) is 5.95. The van der Waals surface area contributed by atoms with Crippen molar-refractivity contribution in [1.82, 2.24) is 19.7 Å². The number of aliphatic hydroxyl groups is 1. The standard InChI is InChI=1S/C11H16N4O2S/c1-2-3-6-18-11-13-9-8(10(17)14-11)7-12-15(9)4-5-16/h7,16H,2-6H2,1H3,(H,13,14,17). The van der Waals surface area contributed by atoms with Gasteiger partial charge in [0.25, 0.3) is 5.56 Å². The van der Waals surface area contributed by atoms with E-state index in [1.165, 1.54) is 18.0 Å². The van der Waals surface area contributed by atoms with E-state index in [1.807, 2.05) is 0 Å². The molecule has 0 aromatic carbocycles. The lowest BCUT2D eigenvalue weighted by atomic mass is 10.4. The first-order chi connectivity index (χ1) is 8.76. The molecular formula is C11H16N4O2S. The van der Waals surface area contributed by atoms with Gasteiger partial charge in [0.1, 0.15) is 5.39 Å². The number of thioether (sulfide) groups is 1. The molecule has 2 aromatic rings. The van der Waals surface area contributed by atoms with Crippen molar-refractivity contribution < 1.29 is 5.11 Å². The van der Waals surface area contributed by atoms with Crippen molar-refractivity contribution in [2.45, 2.75) is 31.5 Å². The molecule has 0 saturated carbocycles. The monoisotopic (exact) mass is 268 g/mol. The van der Waals surface area contributed by atoms with Crippen LogP contribution < -0.4 is 5.56 Å². The fourth-order valence-electron chi connectivity index (χ4n) is 1.59. The molecule has 2 N–H and O–H groups in total. The lowest BCUT2D eigenvalue weighted by molar-refractivity contribution is 0.271. The summed E-state index contributed by atoms with van der Waals surface area (Å²) in [5, 5.41) is 14.1. The van der Waals surface area contributed by atoms with Crippen molar-refractivity contribution in [3.05, 3.63) is 16.6 Å². The Balaban J connectivity index is 2.32. The highest BCUT2D eigenvalue weighted by molar-refractivity contribution is 7.99. The summed E-state index contributed by atoms with van der Waals surface area (Å²) in [5.41, 5.74) is 0.356. The van der Waals surface area contributed by atoms with Gasteiger partial charge in [-0.15, -0.1) is 0 Å². The third-order valence-electron chi connectivity index (χ3n) is 2.53. The maximum atomic E-state index is 11.8. The van der Waals surface area contributed by atoms with Crippen LogP contribution in [0.15, 0.2) is 16.1 Å². The summed E-state index contributed by atoms with van der Waals surface area (Å²) in [6, 6.07) is 0. The van der Waals surface area contributed by atoms with Gasteiger partial charge in [-0.25, -0.2) is 9.67 Å². The van der Waals surface area contributed by atoms with Gasteiger partial charge in [-0.05, 0) is 6.42 Å². The van der Waals surface area contributed by atoms with Crippen LogP contribution >= 0.6 is 11.8 Å². The fraction of sp³-hybridized carbons (Fsp3) is 0.545. The zero-order valence-electron chi connectivity index (χ0n) is 10.2. The van der Waals surface area contributed by atoms with E-state index in [-0.39, 0.29) is 12.2 Å². The van der Waals surface area contributed by atoms with E-state index in [1.54, 1.807) is 4.68 Å². The van der Waals surface area contributed by atoms with Crippen molar-refractivity contribution in [3.63, 3.8) is 0 Å². The summed E-state index contributed by atoms with van der Waals surface area (Å²) < 4.78 is 1.55. The number of nitrogens with zero attached hydrogens (tertiary/aromatic N) is 3. The Kier molecular flexibility index (Phi) is 4.38. The van der Waals surface area contributed by atoms with Gasteiger partial charge in [0, 0.05) is 5.75 Å². The summed E-state index contributed by atoms with van der Waals surface area (Å²) >= 11 is 1.53. The normalized spacial score (nSPS) is 11.2. The molecule has 0 spiro atoms. The molecule has 0 unspecified atom stereocenters. The van der Waals surface area contributed by atoms with Crippen LogP contribution in [0.2, 0.25) is 0 Å². The Morgan fingerprint density at radius 3 is 3.11 bits per heavy atom. The van der Waals surface area contributed by atoms with Gasteiger partial charge in [0.05, 0.1) is 19.3 Å². The summed E-state index contributed by atoms with van der Waals surface area (Å²) in [6.07, 6.45) is 3.68. The molecule has 6 nitrogen and oxygen atoms in total. The molecule has 0 aliphatic rings. The first-order valence-corrected chi connectivity index (χ1v) is 6.94. The minimum atomic E-state index is -0.178. The van der Waals surface area contributed by atoms with Gasteiger partial charge in [-0.2, -0.15) is 5.10 Å². The van der Waals surface area contributed by atoms with Crippen molar-refractivity contribution in [3.8, 4) is 0 Å². The van der Waals surface area contributed by atoms with Gasteiger partial charge in [0.15, 0.2) is 10.8 Å². The van der Waals surface area contributed by atoms with Gasteiger partial charge < -0.3 is 10.1 Å². The molecule has 0 bridgehead atoms. The number of hydrogen-bond donors (Lipinski definition) is 2. The van der Waals surface area contributed by atoms with Crippen LogP contribution in [0, 0.1) is 0 Å². The number of nitrogens with one attached hydrogen (secondary N) is 1. The molecule has 2 rings (SSSR count). The van der Waals surface area contributed by atoms with Crippen LogP contribution in [-0.4, -0.2) is 37.2 Å². The Morgan fingerprint density at radius 1 is 1.56 bits per heavy atom. The van der Waals surface area contributed by atoms with Crippen molar-refractivity contribution in [1.29, 1.82) is 0 Å². The predicted molar refractivity (Wildman–Crippen MR) is 70.9 cm³/mol. The molecule has 0 amide bonds. The smallest absolute Gasteiger partial charge is 0.262 e. The number of unbranched alkanes of at least 4 members (excludes halogenated alkanes) is 1. The lowest BCUT2D eigenvalue weighted by Gasteiger charge is -2.02. The second kappa shape index (κ2) is 6.01. The lowest BCUT2D eigenvalue weighted by Crippen LogP contribution is -2.11. The highest BCUT2D eigenvalue weighted by Gasteiger charge is 2.09. The number of aliphatic hydroxyl groups excluding tert-OH is 1. The van der Waals surface area contributed by atoms with Crippen molar-refractivity contribution in [2.24, 2.45) is 0 Å². The molecule has 2 heterocycles. The highest BCUT2D eigenvalue weighted by atomic mass is 32.2. The minimum absolute atomic E-state index is 0.0242. The molecule has 18 heavy (non-hydrogen) atoms. The topological polar surface area (TPSA) is 83.8 Å². The molecule has 0 saturated heterocycles. The first kappa shape index (κ1) is 13.1. The van der Waals surface area contributed by atoms with E-state index < -0.39 is 0 Å². The number of rotatable bonds is 6. The number of aromatic nitrogens is 4. The highest BCUT2D eigenvalue weighted by Crippen LogP contribution is 2.15. The third kappa shape index (κ3) is 2.73. The number of fused-ring (bicyclic) bond motifs is 1. The number of aromatic amines is 1. The zero-order chi connectivity index (χ0) is 13.0. The van der Waals surface area contributed by atoms with Crippen LogP contribution in [0.25, 0.3) is 11.0 Å². The maximum Gasteiger partial charge on any atom is 0.262 e. The van der Waals surface area contributed by atoms with Gasteiger partial charge in [-0.1, -0.05) is 25.1 Å². The summed E-state index contributed by atoms with van der Waals surface area (Å²) in [7, 11) is 0. The largest absolute Gasteiger partial charge is 0.394 e. The Labute approximate surface area is 108 Å². The Hall–Kier alpha value is -1.34. The maximum absolute atomic E-state index is 11.8.